The fraction of sp³-hybridized carbons (Fsp3) is 0.111. The zero-order valence-electron chi connectivity index (χ0n) is 23.6. The molecule has 0 bridgehead atoms. The van der Waals surface area contributed by atoms with E-state index in [0.717, 1.165) is 39.2 Å². The lowest BCUT2D eigenvalue weighted by Crippen LogP contribution is -2.19. The number of aromatic nitrogens is 1. The molecule has 5 aromatic carbocycles. The normalized spacial score (nSPS) is 11.9. The van der Waals surface area contributed by atoms with Gasteiger partial charge in [-0.05, 0) is 72.6 Å². The number of nitrogens with one attached hydrogen (secondary N) is 2. The number of anilines is 2. The summed E-state index contributed by atoms with van der Waals surface area (Å²) < 4.78 is 2.29. The third kappa shape index (κ3) is 6.46. The number of carbonyl (C=O) groups excluding carboxylic acids is 2. The van der Waals surface area contributed by atoms with Crippen LogP contribution in [-0.4, -0.2) is 16.4 Å². The SMILES string of the molecule is CCn1c2ccccc2c2cc(NC(=O)C(Sc3cccc(NC(=O)Cc4ccc(Cl)cc4)c3)c3ccccc3)ccc21. The number of halogens is 1. The van der Waals surface area contributed by atoms with Crippen molar-refractivity contribution in [3.63, 3.8) is 0 Å². The van der Waals surface area contributed by atoms with Gasteiger partial charge in [0.2, 0.25) is 11.8 Å². The van der Waals surface area contributed by atoms with Gasteiger partial charge < -0.3 is 15.2 Å². The number of hydrogen-bond acceptors (Lipinski definition) is 3. The predicted molar refractivity (Wildman–Crippen MR) is 179 cm³/mol. The van der Waals surface area contributed by atoms with Gasteiger partial charge in [0.15, 0.2) is 0 Å². The maximum absolute atomic E-state index is 13.9. The Kier molecular flexibility index (Phi) is 8.50. The van der Waals surface area contributed by atoms with Crippen molar-refractivity contribution in [3.05, 3.63) is 137 Å². The summed E-state index contributed by atoms with van der Waals surface area (Å²) in [7, 11) is 0. The van der Waals surface area contributed by atoms with Gasteiger partial charge in [-0.1, -0.05) is 78.3 Å². The summed E-state index contributed by atoms with van der Waals surface area (Å²) in [6, 6.07) is 39.0. The molecule has 214 valence electrons. The minimum atomic E-state index is -0.506. The Labute approximate surface area is 259 Å². The van der Waals surface area contributed by atoms with E-state index in [1.807, 2.05) is 78.9 Å². The van der Waals surface area contributed by atoms with Crippen molar-refractivity contribution >= 4 is 68.4 Å². The summed E-state index contributed by atoms with van der Waals surface area (Å²) in [5, 5.41) is 8.56. The van der Waals surface area contributed by atoms with E-state index in [4.69, 9.17) is 11.6 Å². The lowest BCUT2D eigenvalue weighted by atomic mass is 10.1. The summed E-state index contributed by atoms with van der Waals surface area (Å²) in [6.45, 7) is 3.01. The van der Waals surface area contributed by atoms with Gasteiger partial charge in [0.25, 0.3) is 0 Å². The Balaban J connectivity index is 1.23. The summed E-state index contributed by atoms with van der Waals surface area (Å²) in [5.74, 6) is -0.242. The average Bonchev–Trinajstić information content (AvgIpc) is 3.34. The summed E-state index contributed by atoms with van der Waals surface area (Å²) in [5.41, 5.74) is 5.53. The Morgan fingerprint density at radius 2 is 1.47 bits per heavy atom. The van der Waals surface area contributed by atoms with E-state index in [0.29, 0.717) is 10.7 Å². The smallest absolute Gasteiger partial charge is 0.242 e. The van der Waals surface area contributed by atoms with Crippen LogP contribution < -0.4 is 10.6 Å². The Morgan fingerprint density at radius 1 is 0.744 bits per heavy atom. The molecule has 2 amide bonds. The van der Waals surface area contributed by atoms with Crippen molar-refractivity contribution in [2.45, 2.75) is 30.0 Å². The molecular weight excluding hydrogens is 574 g/mol. The summed E-state index contributed by atoms with van der Waals surface area (Å²) in [4.78, 5) is 27.4. The van der Waals surface area contributed by atoms with Crippen LogP contribution in [0.4, 0.5) is 11.4 Å². The van der Waals surface area contributed by atoms with E-state index >= 15 is 0 Å². The first-order valence-electron chi connectivity index (χ1n) is 14.2. The lowest BCUT2D eigenvalue weighted by Gasteiger charge is -2.18. The van der Waals surface area contributed by atoms with Gasteiger partial charge in [0.1, 0.15) is 5.25 Å². The number of para-hydroxylation sites is 1. The van der Waals surface area contributed by atoms with Gasteiger partial charge in [-0.2, -0.15) is 0 Å². The molecule has 0 saturated heterocycles. The van der Waals surface area contributed by atoms with Crippen LogP contribution in [0.5, 0.6) is 0 Å². The first-order chi connectivity index (χ1) is 21.0. The first kappa shape index (κ1) is 28.6. The molecule has 1 unspecified atom stereocenters. The minimum Gasteiger partial charge on any atom is -0.341 e. The molecule has 0 aliphatic heterocycles. The van der Waals surface area contributed by atoms with Crippen LogP contribution in [-0.2, 0) is 22.6 Å². The average molecular weight is 604 g/mol. The second-order valence-corrected chi connectivity index (χ2v) is 11.9. The van der Waals surface area contributed by atoms with Gasteiger partial charge >= 0.3 is 0 Å². The molecule has 0 radical (unpaired) electrons. The standard InChI is InChI=1S/C36H30ClN3O2S/c1-2-40-32-14-7-6-13-30(32)31-23-28(19-20-33(31)40)39-36(42)35(25-9-4-3-5-10-25)43-29-12-8-11-27(22-29)38-34(41)21-24-15-17-26(37)18-16-24/h3-20,22-23,35H,2,21H2,1H3,(H,38,41)(H,39,42). The van der Waals surface area contributed by atoms with Crippen LogP contribution in [0.25, 0.3) is 21.8 Å². The summed E-state index contributed by atoms with van der Waals surface area (Å²) in [6.07, 6.45) is 0.241. The van der Waals surface area contributed by atoms with Gasteiger partial charge in [-0.25, -0.2) is 0 Å². The Hall–Kier alpha value is -4.52. The number of fused-ring (bicyclic) bond motifs is 3. The molecule has 1 aromatic heterocycles. The number of aryl methyl sites for hydroxylation is 1. The van der Waals surface area contributed by atoms with E-state index in [1.54, 1.807) is 12.1 Å². The highest BCUT2D eigenvalue weighted by Crippen LogP contribution is 2.38. The zero-order chi connectivity index (χ0) is 29.8. The maximum Gasteiger partial charge on any atom is 0.242 e. The third-order valence-electron chi connectivity index (χ3n) is 7.35. The fourth-order valence-corrected chi connectivity index (χ4v) is 6.57. The van der Waals surface area contributed by atoms with E-state index in [9.17, 15) is 9.59 Å². The molecule has 5 nitrogen and oxygen atoms in total. The summed E-state index contributed by atoms with van der Waals surface area (Å²) >= 11 is 7.41. The lowest BCUT2D eigenvalue weighted by molar-refractivity contribution is -0.116. The van der Waals surface area contributed by atoms with Crippen LogP contribution in [0.1, 0.15) is 23.3 Å². The predicted octanol–water partition coefficient (Wildman–Crippen LogP) is 9.12. The number of nitrogens with zero attached hydrogens (tertiary/aromatic N) is 1. The highest BCUT2D eigenvalue weighted by Gasteiger charge is 2.23. The molecule has 0 spiro atoms. The quantitative estimate of drug-likeness (QED) is 0.162. The topological polar surface area (TPSA) is 63.1 Å². The van der Waals surface area contributed by atoms with E-state index in [-0.39, 0.29) is 18.2 Å². The molecule has 6 rings (SSSR count). The number of rotatable bonds is 9. The molecule has 2 N–H and O–H groups in total. The fourth-order valence-electron chi connectivity index (χ4n) is 5.36. The van der Waals surface area contributed by atoms with Gasteiger partial charge in [0.05, 0.1) is 6.42 Å². The molecule has 0 saturated carbocycles. The highest BCUT2D eigenvalue weighted by atomic mass is 35.5. The maximum atomic E-state index is 13.9. The minimum absolute atomic E-state index is 0.119. The molecule has 1 atom stereocenters. The molecule has 6 aromatic rings. The molecular formula is C36H30ClN3O2S. The van der Waals surface area contributed by atoms with Gasteiger partial charge in [0, 0.05) is 49.6 Å². The number of benzene rings is 5. The number of thioether (sulfide) groups is 1. The number of hydrogen-bond donors (Lipinski definition) is 2. The van der Waals surface area contributed by atoms with Crippen LogP contribution in [0.15, 0.2) is 126 Å². The zero-order valence-corrected chi connectivity index (χ0v) is 25.2. The largest absolute Gasteiger partial charge is 0.341 e. The van der Waals surface area contributed by atoms with Crippen LogP contribution >= 0.6 is 23.4 Å². The van der Waals surface area contributed by atoms with Crippen LogP contribution in [0, 0.1) is 0 Å². The van der Waals surface area contributed by atoms with Crippen molar-refractivity contribution in [1.82, 2.24) is 4.57 Å². The highest BCUT2D eigenvalue weighted by molar-refractivity contribution is 8.00. The second kappa shape index (κ2) is 12.8. The molecule has 1 heterocycles. The molecule has 0 aliphatic rings. The van der Waals surface area contributed by atoms with Crippen LogP contribution in [0.3, 0.4) is 0 Å². The Morgan fingerprint density at radius 3 is 2.26 bits per heavy atom. The second-order valence-electron chi connectivity index (χ2n) is 10.3. The van der Waals surface area contributed by atoms with E-state index in [2.05, 4.69) is 52.5 Å². The molecule has 7 heteroatoms. The van der Waals surface area contributed by atoms with Crippen molar-refractivity contribution in [1.29, 1.82) is 0 Å². The van der Waals surface area contributed by atoms with E-state index < -0.39 is 5.25 Å². The molecule has 43 heavy (non-hydrogen) atoms. The van der Waals surface area contributed by atoms with Gasteiger partial charge in [-0.3, -0.25) is 9.59 Å². The molecule has 0 aliphatic carbocycles. The van der Waals surface area contributed by atoms with Crippen molar-refractivity contribution < 1.29 is 9.59 Å². The number of carbonyl (C=O) groups is 2. The first-order valence-corrected chi connectivity index (χ1v) is 15.4. The van der Waals surface area contributed by atoms with Crippen molar-refractivity contribution in [3.8, 4) is 0 Å². The van der Waals surface area contributed by atoms with Crippen molar-refractivity contribution in [2.24, 2.45) is 0 Å². The van der Waals surface area contributed by atoms with Crippen LogP contribution in [0.2, 0.25) is 5.02 Å². The third-order valence-corrected chi connectivity index (χ3v) is 8.85. The van der Waals surface area contributed by atoms with E-state index in [1.165, 1.54) is 22.7 Å². The van der Waals surface area contributed by atoms with Crippen molar-refractivity contribution in [2.75, 3.05) is 10.6 Å². The number of amides is 2. The molecule has 0 fully saturated rings. The monoisotopic (exact) mass is 603 g/mol. The Bertz CT molecular complexity index is 1920. The van der Waals surface area contributed by atoms with Gasteiger partial charge in [-0.15, -0.1) is 11.8 Å².